The Morgan fingerprint density at radius 3 is 2.54 bits per heavy atom. The number of likely N-dealkylation sites (N-methyl/N-ethyl adjacent to an activating group) is 1. The number of pyridine rings is 1. The number of nitrogens with one attached hydrogen (secondary N) is 1. The van der Waals surface area contributed by atoms with Crippen LogP contribution >= 0.6 is 0 Å². The second-order valence-corrected chi connectivity index (χ2v) is 8.29. The summed E-state index contributed by atoms with van der Waals surface area (Å²) in [7, 11) is 4.07. The number of guanidine groups is 1. The number of piperazine rings is 1. The van der Waals surface area contributed by atoms with Crippen molar-refractivity contribution in [3.63, 3.8) is 0 Å². The fraction of sp³-hybridized carbons (Fsp3) is 0.727. The van der Waals surface area contributed by atoms with Gasteiger partial charge in [0, 0.05) is 59.1 Å². The fourth-order valence-electron chi connectivity index (χ4n) is 4.58. The van der Waals surface area contributed by atoms with Crippen molar-refractivity contribution in [3.05, 3.63) is 23.9 Å². The number of aromatic nitrogens is 1. The molecule has 1 unspecified atom stereocenters. The molecule has 6 heteroatoms. The standard InChI is InChI=1S/C22H38N6/c1-5-19(6-2)20-9-10-28(17-20)22(23-3)25-16-18-7-8-21(24-15-18)27-13-11-26(4)12-14-27/h7-8,15,19-20H,5-6,9-14,16-17H2,1-4H3,(H,23,25). The Morgan fingerprint density at radius 1 is 1.18 bits per heavy atom. The van der Waals surface area contributed by atoms with E-state index >= 15 is 0 Å². The molecule has 0 amide bonds. The quantitative estimate of drug-likeness (QED) is 0.602. The monoisotopic (exact) mass is 386 g/mol. The average molecular weight is 387 g/mol. The SMILES string of the molecule is CCC(CC)C1CCN(C(=NC)NCc2ccc(N3CCN(C)CC3)nc2)C1. The highest BCUT2D eigenvalue weighted by molar-refractivity contribution is 5.80. The first kappa shape index (κ1) is 20.9. The van der Waals surface area contributed by atoms with Gasteiger partial charge in [-0.1, -0.05) is 32.8 Å². The fourth-order valence-corrected chi connectivity index (χ4v) is 4.58. The predicted molar refractivity (Wildman–Crippen MR) is 118 cm³/mol. The second-order valence-electron chi connectivity index (χ2n) is 8.29. The molecule has 0 aliphatic carbocycles. The molecule has 1 atom stereocenters. The highest BCUT2D eigenvalue weighted by Gasteiger charge is 2.29. The molecule has 6 nitrogen and oxygen atoms in total. The first-order valence-corrected chi connectivity index (χ1v) is 11.0. The van der Waals surface area contributed by atoms with Crippen molar-refractivity contribution in [2.24, 2.45) is 16.8 Å². The van der Waals surface area contributed by atoms with Gasteiger partial charge in [-0.2, -0.15) is 0 Å². The van der Waals surface area contributed by atoms with Gasteiger partial charge in [-0.15, -0.1) is 0 Å². The first-order chi connectivity index (χ1) is 13.6. The van der Waals surface area contributed by atoms with Crippen LogP contribution < -0.4 is 10.2 Å². The number of aliphatic imine (C=N–C) groups is 1. The summed E-state index contributed by atoms with van der Waals surface area (Å²) in [6, 6.07) is 4.35. The van der Waals surface area contributed by atoms with Crippen LogP contribution in [0.3, 0.4) is 0 Å². The maximum absolute atomic E-state index is 4.70. The minimum absolute atomic E-state index is 0.773. The number of rotatable bonds is 6. The van der Waals surface area contributed by atoms with Crippen LogP contribution in [0.15, 0.2) is 23.3 Å². The smallest absolute Gasteiger partial charge is 0.193 e. The van der Waals surface area contributed by atoms with Gasteiger partial charge in [0.05, 0.1) is 0 Å². The van der Waals surface area contributed by atoms with Gasteiger partial charge in [0.25, 0.3) is 0 Å². The van der Waals surface area contributed by atoms with Crippen molar-refractivity contribution in [1.29, 1.82) is 0 Å². The first-order valence-electron chi connectivity index (χ1n) is 11.0. The number of hydrogen-bond donors (Lipinski definition) is 1. The summed E-state index contributed by atoms with van der Waals surface area (Å²) in [6.07, 6.45) is 5.86. The number of likely N-dealkylation sites (tertiary alicyclic amines) is 1. The topological polar surface area (TPSA) is 47.0 Å². The zero-order chi connectivity index (χ0) is 19.9. The Kier molecular flexibility index (Phi) is 7.54. The minimum Gasteiger partial charge on any atom is -0.354 e. The molecule has 0 aromatic carbocycles. The lowest BCUT2D eigenvalue weighted by molar-refractivity contribution is 0.312. The maximum atomic E-state index is 4.70. The Morgan fingerprint density at radius 2 is 1.93 bits per heavy atom. The molecule has 1 aromatic heterocycles. The van der Waals surface area contributed by atoms with E-state index in [-0.39, 0.29) is 0 Å². The summed E-state index contributed by atoms with van der Waals surface area (Å²) < 4.78 is 0. The summed E-state index contributed by atoms with van der Waals surface area (Å²) in [4.78, 5) is 16.4. The van der Waals surface area contributed by atoms with Crippen molar-refractivity contribution in [2.75, 3.05) is 58.3 Å². The van der Waals surface area contributed by atoms with Gasteiger partial charge in [-0.3, -0.25) is 4.99 Å². The van der Waals surface area contributed by atoms with Crippen molar-refractivity contribution in [3.8, 4) is 0 Å². The molecular weight excluding hydrogens is 348 g/mol. The maximum Gasteiger partial charge on any atom is 0.193 e. The number of hydrogen-bond acceptors (Lipinski definition) is 4. The molecule has 2 saturated heterocycles. The normalized spacial score (nSPS) is 21.6. The van der Waals surface area contributed by atoms with Gasteiger partial charge >= 0.3 is 0 Å². The predicted octanol–water partition coefficient (Wildman–Crippen LogP) is 2.67. The zero-order valence-electron chi connectivity index (χ0n) is 18.2. The molecule has 1 aromatic rings. The largest absolute Gasteiger partial charge is 0.354 e. The van der Waals surface area contributed by atoms with Crippen molar-refractivity contribution in [1.82, 2.24) is 20.1 Å². The van der Waals surface area contributed by atoms with Crippen LogP contribution in [0, 0.1) is 11.8 Å². The highest BCUT2D eigenvalue weighted by Crippen LogP contribution is 2.28. The molecule has 2 aliphatic heterocycles. The molecule has 2 aliphatic rings. The van der Waals surface area contributed by atoms with E-state index in [9.17, 15) is 0 Å². The Bertz CT molecular complexity index is 616. The van der Waals surface area contributed by atoms with E-state index < -0.39 is 0 Å². The lowest BCUT2D eigenvalue weighted by Gasteiger charge is -2.33. The Labute approximate surface area is 171 Å². The van der Waals surface area contributed by atoms with E-state index in [1.165, 1.54) is 24.8 Å². The van der Waals surface area contributed by atoms with Crippen molar-refractivity contribution < 1.29 is 0 Å². The molecule has 3 rings (SSSR count). The summed E-state index contributed by atoms with van der Waals surface area (Å²) in [6.45, 7) is 12.0. The molecule has 0 saturated carbocycles. The number of anilines is 1. The van der Waals surface area contributed by atoms with Crippen molar-refractivity contribution in [2.45, 2.75) is 39.7 Å². The van der Waals surface area contributed by atoms with Crippen LogP contribution in [0.5, 0.6) is 0 Å². The lowest BCUT2D eigenvalue weighted by atomic mass is 9.87. The molecule has 2 fully saturated rings. The van der Waals surface area contributed by atoms with Gasteiger partial charge in [0.15, 0.2) is 5.96 Å². The van der Waals surface area contributed by atoms with E-state index in [0.29, 0.717) is 0 Å². The molecular formula is C22H38N6. The third-order valence-electron chi connectivity index (χ3n) is 6.54. The Hall–Kier alpha value is -1.82. The van der Waals surface area contributed by atoms with Gasteiger partial charge in [0.1, 0.15) is 5.82 Å². The molecule has 0 bridgehead atoms. The van der Waals surface area contributed by atoms with Crippen LogP contribution in [0.1, 0.15) is 38.7 Å². The van der Waals surface area contributed by atoms with Gasteiger partial charge in [-0.25, -0.2) is 4.98 Å². The summed E-state index contributed by atoms with van der Waals surface area (Å²) in [5, 5.41) is 3.54. The summed E-state index contributed by atoms with van der Waals surface area (Å²) in [5.74, 6) is 3.76. The van der Waals surface area contributed by atoms with Gasteiger partial charge in [0.2, 0.25) is 0 Å². The van der Waals surface area contributed by atoms with E-state index in [1.807, 2.05) is 13.2 Å². The van der Waals surface area contributed by atoms with E-state index in [2.05, 4.69) is 58.0 Å². The molecule has 28 heavy (non-hydrogen) atoms. The van der Waals surface area contributed by atoms with E-state index in [1.54, 1.807) is 0 Å². The van der Waals surface area contributed by atoms with Crippen LogP contribution in [0.25, 0.3) is 0 Å². The van der Waals surface area contributed by atoms with E-state index in [0.717, 1.165) is 69.4 Å². The van der Waals surface area contributed by atoms with Crippen molar-refractivity contribution >= 4 is 11.8 Å². The third-order valence-corrected chi connectivity index (χ3v) is 6.54. The van der Waals surface area contributed by atoms with Crippen LogP contribution in [-0.2, 0) is 6.54 Å². The molecule has 1 N–H and O–H groups in total. The van der Waals surface area contributed by atoms with Gasteiger partial charge < -0.3 is 20.0 Å². The minimum atomic E-state index is 0.773. The zero-order valence-corrected chi connectivity index (χ0v) is 18.2. The average Bonchev–Trinajstić information content (AvgIpc) is 3.20. The molecule has 0 spiro atoms. The van der Waals surface area contributed by atoms with Gasteiger partial charge in [-0.05, 0) is 36.9 Å². The van der Waals surface area contributed by atoms with Crippen LogP contribution in [0.4, 0.5) is 5.82 Å². The molecule has 3 heterocycles. The van der Waals surface area contributed by atoms with E-state index in [4.69, 9.17) is 4.98 Å². The van der Waals surface area contributed by atoms with Crippen LogP contribution in [-0.4, -0.2) is 74.1 Å². The summed E-state index contributed by atoms with van der Waals surface area (Å²) in [5.41, 5.74) is 1.20. The highest BCUT2D eigenvalue weighted by atomic mass is 15.3. The lowest BCUT2D eigenvalue weighted by Crippen LogP contribution is -2.44. The number of nitrogens with zero attached hydrogens (tertiary/aromatic N) is 5. The van der Waals surface area contributed by atoms with Crippen LogP contribution in [0.2, 0.25) is 0 Å². The third kappa shape index (κ3) is 5.16. The second kappa shape index (κ2) is 10.1. The molecule has 156 valence electrons. The molecule has 0 radical (unpaired) electrons. The summed E-state index contributed by atoms with van der Waals surface area (Å²) >= 11 is 0. The Balaban J connectivity index is 1.50.